The van der Waals surface area contributed by atoms with Crippen molar-refractivity contribution in [2.75, 3.05) is 26.4 Å². The molecule has 19 heavy (non-hydrogen) atoms. The van der Waals surface area contributed by atoms with E-state index in [1.807, 2.05) is 18.2 Å². The number of morpholine rings is 1. The standard InChI is InChI=1S/C13H19N3O3/c14-13(15-18)11-3-1-2-10(6-11)7-16-4-5-19-9-12(16)8-17/h1-3,6,12,17-18H,4-5,7-9H2,(H2,14,15). The highest BCUT2D eigenvalue weighted by atomic mass is 16.5. The highest BCUT2D eigenvalue weighted by molar-refractivity contribution is 5.97. The van der Waals surface area contributed by atoms with E-state index in [1.165, 1.54) is 0 Å². The van der Waals surface area contributed by atoms with Crippen LogP contribution in [0.3, 0.4) is 0 Å². The molecule has 0 spiro atoms. The summed E-state index contributed by atoms with van der Waals surface area (Å²) in [5, 5.41) is 21.0. The molecule has 1 fully saturated rings. The van der Waals surface area contributed by atoms with Crippen LogP contribution in [0.15, 0.2) is 29.4 Å². The fourth-order valence-corrected chi connectivity index (χ4v) is 2.19. The summed E-state index contributed by atoms with van der Waals surface area (Å²) in [6, 6.07) is 7.57. The number of hydrogen-bond acceptors (Lipinski definition) is 5. The van der Waals surface area contributed by atoms with Crippen LogP contribution in [0, 0.1) is 0 Å². The number of aliphatic hydroxyl groups excluding tert-OH is 1. The zero-order valence-corrected chi connectivity index (χ0v) is 10.7. The monoisotopic (exact) mass is 265 g/mol. The van der Waals surface area contributed by atoms with Gasteiger partial charge in [-0.25, -0.2) is 0 Å². The van der Waals surface area contributed by atoms with Gasteiger partial charge in [-0.15, -0.1) is 0 Å². The number of nitrogens with two attached hydrogens (primary N) is 1. The van der Waals surface area contributed by atoms with Crippen molar-refractivity contribution in [3.05, 3.63) is 35.4 Å². The molecule has 1 atom stereocenters. The maximum atomic E-state index is 9.33. The zero-order chi connectivity index (χ0) is 13.7. The van der Waals surface area contributed by atoms with Gasteiger partial charge in [-0.2, -0.15) is 0 Å². The van der Waals surface area contributed by atoms with Crippen LogP contribution in [0.2, 0.25) is 0 Å². The van der Waals surface area contributed by atoms with Gasteiger partial charge < -0.3 is 20.8 Å². The van der Waals surface area contributed by atoms with E-state index in [2.05, 4.69) is 10.1 Å². The number of oxime groups is 1. The molecular weight excluding hydrogens is 246 g/mol. The molecule has 2 rings (SSSR count). The van der Waals surface area contributed by atoms with E-state index in [9.17, 15) is 5.11 Å². The Morgan fingerprint density at radius 2 is 2.37 bits per heavy atom. The number of amidine groups is 1. The summed E-state index contributed by atoms with van der Waals surface area (Å²) >= 11 is 0. The van der Waals surface area contributed by atoms with Crippen molar-refractivity contribution >= 4 is 5.84 Å². The molecule has 1 saturated heterocycles. The van der Waals surface area contributed by atoms with Crippen molar-refractivity contribution in [1.29, 1.82) is 0 Å². The lowest BCUT2D eigenvalue weighted by molar-refractivity contribution is -0.0312. The third-order valence-electron chi connectivity index (χ3n) is 3.28. The number of benzene rings is 1. The second-order valence-electron chi connectivity index (χ2n) is 4.57. The molecule has 6 nitrogen and oxygen atoms in total. The summed E-state index contributed by atoms with van der Waals surface area (Å²) in [4.78, 5) is 2.18. The van der Waals surface area contributed by atoms with Gasteiger partial charge in [0.05, 0.1) is 25.9 Å². The summed E-state index contributed by atoms with van der Waals surface area (Å²) in [7, 11) is 0. The summed E-state index contributed by atoms with van der Waals surface area (Å²) in [5.74, 6) is 0.0996. The summed E-state index contributed by atoms with van der Waals surface area (Å²) < 4.78 is 5.35. The average molecular weight is 265 g/mol. The average Bonchev–Trinajstić information content (AvgIpc) is 2.47. The van der Waals surface area contributed by atoms with Crippen molar-refractivity contribution in [2.24, 2.45) is 10.9 Å². The van der Waals surface area contributed by atoms with E-state index in [4.69, 9.17) is 15.7 Å². The summed E-state index contributed by atoms with van der Waals surface area (Å²) in [5.41, 5.74) is 7.32. The van der Waals surface area contributed by atoms with Crippen LogP contribution in [0.1, 0.15) is 11.1 Å². The van der Waals surface area contributed by atoms with Gasteiger partial charge in [-0.1, -0.05) is 23.4 Å². The van der Waals surface area contributed by atoms with Crippen LogP contribution in [0.25, 0.3) is 0 Å². The second-order valence-corrected chi connectivity index (χ2v) is 4.57. The second kappa shape index (κ2) is 6.51. The van der Waals surface area contributed by atoms with E-state index in [1.54, 1.807) is 6.07 Å². The number of nitrogens with zero attached hydrogens (tertiary/aromatic N) is 2. The summed E-state index contributed by atoms with van der Waals surface area (Å²) in [6.07, 6.45) is 0. The van der Waals surface area contributed by atoms with Crippen LogP contribution in [-0.2, 0) is 11.3 Å². The van der Waals surface area contributed by atoms with Gasteiger partial charge in [-0.05, 0) is 11.6 Å². The quantitative estimate of drug-likeness (QED) is 0.308. The zero-order valence-electron chi connectivity index (χ0n) is 10.7. The SMILES string of the molecule is N/C(=N/O)c1cccc(CN2CCOCC2CO)c1. The fourth-order valence-electron chi connectivity index (χ4n) is 2.19. The molecule has 0 bridgehead atoms. The van der Waals surface area contributed by atoms with Gasteiger partial charge in [-0.3, -0.25) is 4.90 Å². The molecule has 4 N–H and O–H groups in total. The number of rotatable bonds is 4. The number of hydrogen-bond donors (Lipinski definition) is 3. The van der Waals surface area contributed by atoms with Crippen molar-refractivity contribution in [1.82, 2.24) is 4.90 Å². The molecule has 1 aliphatic rings. The largest absolute Gasteiger partial charge is 0.409 e. The first kappa shape index (κ1) is 13.8. The van der Waals surface area contributed by atoms with E-state index in [-0.39, 0.29) is 18.5 Å². The molecular formula is C13H19N3O3. The van der Waals surface area contributed by atoms with Crippen LogP contribution < -0.4 is 5.73 Å². The molecule has 1 aromatic carbocycles. The van der Waals surface area contributed by atoms with E-state index < -0.39 is 0 Å². The van der Waals surface area contributed by atoms with Crippen LogP contribution in [-0.4, -0.2) is 53.5 Å². The van der Waals surface area contributed by atoms with Gasteiger partial charge in [0, 0.05) is 18.7 Å². The lowest BCUT2D eigenvalue weighted by Gasteiger charge is -2.34. The first-order valence-electron chi connectivity index (χ1n) is 6.24. The minimum Gasteiger partial charge on any atom is -0.409 e. The van der Waals surface area contributed by atoms with Crippen molar-refractivity contribution in [3.8, 4) is 0 Å². The molecule has 6 heteroatoms. The predicted molar refractivity (Wildman–Crippen MR) is 71.1 cm³/mol. The Morgan fingerprint density at radius 1 is 1.53 bits per heavy atom. The highest BCUT2D eigenvalue weighted by Crippen LogP contribution is 2.13. The Kier molecular flexibility index (Phi) is 4.73. The number of ether oxygens (including phenoxy) is 1. The maximum absolute atomic E-state index is 9.33. The molecule has 0 aliphatic carbocycles. The lowest BCUT2D eigenvalue weighted by Crippen LogP contribution is -2.46. The molecule has 1 aromatic rings. The highest BCUT2D eigenvalue weighted by Gasteiger charge is 2.22. The third-order valence-corrected chi connectivity index (χ3v) is 3.28. The predicted octanol–water partition coefficient (Wildman–Crippen LogP) is -0.0258. The van der Waals surface area contributed by atoms with E-state index >= 15 is 0 Å². The smallest absolute Gasteiger partial charge is 0.170 e. The van der Waals surface area contributed by atoms with Gasteiger partial charge >= 0.3 is 0 Å². The van der Waals surface area contributed by atoms with Gasteiger partial charge in [0.2, 0.25) is 0 Å². The molecule has 0 aromatic heterocycles. The Balaban J connectivity index is 2.09. The Morgan fingerprint density at radius 3 is 3.11 bits per heavy atom. The van der Waals surface area contributed by atoms with Crippen LogP contribution >= 0.6 is 0 Å². The first-order valence-corrected chi connectivity index (χ1v) is 6.24. The molecule has 0 radical (unpaired) electrons. The topological polar surface area (TPSA) is 91.3 Å². The summed E-state index contributed by atoms with van der Waals surface area (Å²) in [6.45, 7) is 2.81. The molecule has 1 heterocycles. The maximum Gasteiger partial charge on any atom is 0.170 e. The fraction of sp³-hybridized carbons (Fsp3) is 0.462. The molecule has 104 valence electrons. The first-order chi connectivity index (χ1) is 9.24. The van der Waals surface area contributed by atoms with Crippen molar-refractivity contribution < 1.29 is 15.1 Å². The Bertz CT molecular complexity index is 451. The minimum absolute atomic E-state index is 0.0289. The number of aliphatic hydroxyl groups is 1. The van der Waals surface area contributed by atoms with E-state index in [0.717, 1.165) is 12.1 Å². The molecule has 1 unspecified atom stereocenters. The normalized spacial score (nSPS) is 21.5. The van der Waals surface area contributed by atoms with Gasteiger partial charge in [0.15, 0.2) is 5.84 Å². The van der Waals surface area contributed by atoms with Crippen LogP contribution in [0.5, 0.6) is 0 Å². The van der Waals surface area contributed by atoms with Gasteiger partial charge in [0.25, 0.3) is 0 Å². The van der Waals surface area contributed by atoms with Gasteiger partial charge in [0.1, 0.15) is 0 Å². The molecule has 1 aliphatic heterocycles. The Hall–Kier alpha value is -1.63. The van der Waals surface area contributed by atoms with Crippen LogP contribution in [0.4, 0.5) is 0 Å². The minimum atomic E-state index is 0.0289. The third kappa shape index (κ3) is 3.44. The molecule has 0 amide bonds. The lowest BCUT2D eigenvalue weighted by atomic mass is 10.1. The van der Waals surface area contributed by atoms with Crippen molar-refractivity contribution in [2.45, 2.75) is 12.6 Å². The Labute approximate surface area is 112 Å². The van der Waals surface area contributed by atoms with Crippen molar-refractivity contribution in [3.63, 3.8) is 0 Å². The molecule has 0 saturated carbocycles. The van der Waals surface area contributed by atoms with E-state index in [0.29, 0.717) is 25.3 Å².